The molecule has 0 saturated heterocycles. The van der Waals surface area contributed by atoms with E-state index in [-0.39, 0.29) is 51.2 Å². The van der Waals surface area contributed by atoms with E-state index < -0.39 is 0 Å². The third-order valence-corrected chi connectivity index (χ3v) is 10.7. The predicted molar refractivity (Wildman–Crippen MR) is 226 cm³/mol. The van der Waals surface area contributed by atoms with Crippen LogP contribution in [0.2, 0.25) is 0 Å². The van der Waals surface area contributed by atoms with Crippen LogP contribution in [0.15, 0.2) is 50.3 Å². The number of benzene rings is 2. The summed E-state index contributed by atoms with van der Waals surface area (Å²) >= 11 is 0. The Labute approximate surface area is 370 Å². The van der Waals surface area contributed by atoms with Crippen LogP contribution in [0, 0.1) is 10.8 Å². The van der Waals surface area contributed by atoms with Gasteiger partial charge in [-0.25, -0.2) is 0 Å². The Balaban J connectivity index is 0.00000595. The Morgan fingerprint density at radius 3 is 0.804 bits per heavy atom. The van der Waals surface area contributed by atoms with E-state index in [4.69, 9.17) is 41.7 Å². The molecular formula is C45H63Cu3N8. The Morgan fingerprint density at radius 2 is 0.589 bits per heavy atom. The summed E-state index contributed by atoms with van der Waals surface area (Å²) in [6.07, 6.45) is 12.1. The first-order valence-corrected chi connectivity index (χ1v) is 19.7. The number of hydrogen-bond acceptors (Lipinski definition) is 5. The van der Waals surface area contributed by atoms with Crippen LogP contribution < -0.4 is 0 Å². The van der Waals surface area contributed by atoms with E-state index in [9.17, 15) is 0 Å². The van der Waals surface area contributed by atoms with Crippen molar-refractivity contribution in [2.45, 2.75) is 161 Å². The van der Waals surface area contributed by atoms with Crippen LogP contribution in [0.1, 0.15) is 150 Å². The van der Waals surface area contributed by atoms with Gasteiger partial charge in [-0.15, -0.1) is 19.6 Å². The van der Waals surface area contributed by atoms with Crippen molar-refractivity contribution in [2.24, 2.45) is 15.0 Å². The fraction of sp³-hybridized carbons (Fsp3) is 0.533. The number of hydrogen-bond donors (Lipinski definition) is 0. The molecule has 0 unspecified atom stereocenters. The Bertz CT molecular complexity index is 1750. The quantitative estimate of drug-likeness (QED) is 0.211. The van der Waals surface area contributed by atoms with E-state index in [1.807, 2.05) is 0 Å². The maximum atomic E-state index is 6.00. The molecule has 0 radical (unpaired) electrons. The van der Waals surface area contributed by atoms with Gasteiger partial charge in [-0.1, -0.05) is 97.2 Å². The van der Waals surface area contributed by atoms with Gasteiger partial charge >= 0.3 is 51.2 Å². The van der Waals surface area contributed by atoms with E-state index >= 15 is 0 Å². The van der Waals surface area contributed by atoms with Crippen molar-refractivity contribution in [3.05, 3.63) is 118 Å². The maximum Gasteiger partial charge on any atom is 1.00 e. The van der Waals surface area contributed by atoms with E-state index in [2.05, 4.69) is 101 Å². The molecule has 56 heavy (non-hydrogen) atoms. The number of aliphatic imine (C=N–C) groups is 3. The zero-order chi connectivity index (χ0) is 39.2. The van der Waals surface area contributed by atoms with Crippen LogP contribution in [0.25, 0.3) is 16.0 Å². The molecule has 0 spiro atoms. The van der Waals surface area contributed by atoms with Gasteiger partial charge in [0.2, 0.25) is 0 Å². The summed E-state index contributed by atoms with van der Waals surface area (Å²) in [6.45, 7) is 30.2. The molecule has 0 saturated carbocycles. The average Bonchev–Trinajstić information content (AvgIpc) is 3.14. The van der Waals surface area contributed by atoms with Crippen molar-refractivity contribution in [1.82, 2.24) is 0 Å². The zero-order valence-electron chi connectivity index (χ0n) is 35.7. The average molecular weight is 907 g/mol. The normalized spacial score (nSPS) is 17.6. The zero-order valence-corrected chi connectivity index (χ0v) is 38.5. The summed E-state index contributed by atoms with van der Waals surface area (Å²) < 4.78 is 0. The molecule has 3 heterocycles. The van der Waals surface area contributed by atoms with Gasteiger partial charge in [0.1, 0.15) is 0 Å². The molecular weight excluding hydrogens is 843 g/mol. The smallest absolute Gasteiger partial charge is 0.684 e. The summed E-state index contributed by atoms with van der Waals surface area (Å²) in [5, 5.41) is 27.6. The van der Waals surface area contributed by atoms with E-state index in [1.165, 1.54) is 66.8 Å². The number of fused-ring (bicyclic) bond motifs is 12. The summed E-state index contributed by atoms with van der Waals surface area (Å²) in [6, 6.07) is 0. The molecule has 0 fully saturated rings. The fourth-order valence-electron chi connectivity index (χ4n) is 8.29. The van der Waals surface area contributed by atoms with Gasteiger partial charge in [-0.2, -0.15) is 17.1 Å². The monoisotopic (exact) mass is 904 g/mol. The fourth-order valence-corrected chi connectivity index (χ4v) is 8.29. The van der Waals surface area contributed by atoms with Crippen molar-refractivity contribution in [1.29, 1.82) is 10.8 Å². The molecule has 3 aliphatic rings. The minimum absolute atomic E-state index is 0. The van der Waals surface area contributed by atoms with Crippen LogP contribution in [-0.4, -0.2) is 17.1 Å². The summed E-state index contributed by atoms with van der Waals surface area (Å²) in [5.41, 5.74) is 22.4. The van der Waals surface area contributed by atoms with Crippen LogP contribution >= 0.6 is 0 Å². The standard InChI is InChI=1S/C45H63N6.3Cu.N2/c1-13-34-40-22-46-28(7)19-30(9)49-25-43-37(16-4)44-26-50-31(10)20-29(8)47-23-41(34)36(15-3)42(35(40)14-2)24-48-32(11)21-33(12)51-27-45(38(43)17-5)39(44)18-6;;;;1-2/h19-21H,13-18,22-27H2,1-12H3;;;;/q-3;3*+1;/b28-19-,29-20-,33-21-,48-32?,49-30?,50-31?;;;;. The molecule has 0 N–H and O–H groups in total. The topological polar surface area (TPSA) is 127 Å². The first-order valence-electron chi connectivity index (χ1n) is 19.7. The summed E-state index contributed by atoms with van der Waals surface area (Å²) in [5.74, 6) is 0. The molecule has 2 aromatic carbocycles. The van der Waals surface area contributed by atoms with Gasteiger partial charge in [0.15, 0.2) is 0 Å². The van der Waals surface area contributed by atoms with Gasteiger partial charge in [-0.3, -0.25) is 15.0 Å². The Kier molecular flexibility index (Phi) is 24.8. The number of allylic oxidation sites excluding steroid dienone is 6. The molecule has 0 atom stereocenters. The minimum atomic E-state index is 0. The molecule has 6 bridgehead atoms. The second kappa shape index (κ2) is 26.1. The first kappa shape index (κ1) is 53.0. The molecule has 3 aliphatic heterocycles. The molecule has 5 rings (SSSR count). The molecule has 0 aromatic heterocycles. The van der Waals surface area contributed by atoms with Crippen LogP contribution in [0.3, 0.4) is 0 Å². The molecule has 11 heteroatoms. The van der Waals surface area contributed by atoms with Crippen LogP contribution in [-0.2, 0) is 129 Å². The van der Waals surface area contributed by atoms with Gasteiger partial charge in [-0.05, 0) is 109 Å². The van der Waals surface area contributed by atoms with Crippen molar-refractivity contribution < 1.29 is 51.2 Å². The van der Waals surface area contributed by atoms with E-state index in [0.29, 0.717) is 39.3 Å². The van der Waals surface area contributed by atoms with Gasteiger partial charge in [0.05, 0.1) is 19.6 Å². The second-order valence-corrected chi connectivity index (χ2v) is 14.0. The molecule has 8 nitrogen and oxygen atoms in total. The van der Waals surface area contributed by atoms with Crippen molar-refractivity contribution in [2.75, 3.05) is 0 Å². The summed E-state index contributed by atoms with van der Waals surface area (Å²) in [4.78, 5) is 15.6. The number of nitrogens with zero attached hydrogens (tertiary/aromatic N) is 8. The van der Waals surface area contributed by atoms with Gasteiger partial charge in [0.25, 0.3) is 0 Å². The SMILES string of the molecule is CCc1c2c(CC)c3c(CC)c1CN=C(C)/C=C(/C)[N-]Cc1c(CC)c(c(CC)c(c1CC)C[N-]/C(C)=C\C(C)=NC2)CN=C(C)/C=C(/C)[N-]C3.N#N.[Cu+].[Cu+].[Cu+]. The van der Waals surface area contributed by atoms with Crippen molar-refractivity contribution in [3.8, 4) is 0 Å². The third-order valence-electron chi connectivity index (χ3n) is 10.7. The largest absolute Gasteiger partial charge is 1.00 e. The Morgan fingerprint density at radius 1 is 0.393 bits per heavy atom. The third kappa shape index (κ3) is 13.0. The van der Waals surface area contributed by atoms with Crippen molar-refractivity contribution in [3.63, 3.8) is 0 Å². The second-order valence-electron chi connectivity index (χ2n) is 14.0. The van der Waals surface area contributed by atoms with E-state index in [0.717, 1.165) is 72.8 Å². The van der Waals surface area contributed by atoms with Gasteiger partial charge in [0, 0.05) is 27.9 Å². The minimum Gasteiger partial charge on any atom is -0.684 e. The number of rotatable bonds is 6. The van der Waals surface area contributed by atoms with E-state index in [1.54, 1.807) is 0 Å². The van der Waals surface area contributed by atoms with Crippen LogP contribution in [0.5, 0.6) is 0 Å². The molecule has 316 valence electrons. The molecule has 0 aliphatic carbocycles. The Hall–Kier alpha value is -2.95. The predicted octanol–water partition coefficient (Wildman–Crippen LogP) is 12.0. The van der Waals surface area contributed by atoms with Crippen LogP contribution in [0.4, 0.5) is 0 Å². The molecule has 0 amide bonds. The maximum absolute atomic E-state index is 6.00. The molecule has 2 aromatic rings. The van der Waals surface area contributed by atoms with Crippen molar-refractivity contribution >= 4 is 17.1 Å². The van der Waals surface area contributed by atoms with Gasteiger partial charge < -0.3 is 16.0 Å². The summed E-state index contributed by atoms with van der Waals surface area (Å²) in [7, 11) is 0. The first-order chi connectivity index (χ1) is 25.5.